The lowest BCUT2D eigenvalue weighted by Gasteiger charge is -2.04. The number of aromatic nitrogens is 3. The quantitative estimate of drug-likeness (QED) is 0.505. The van der Waals surface area contributed by atoms with E-state index in [1.165, 1.54) is 11.3 Å². The van der Waals surface area contributed by atoms with Crippen LogP contribution in [0.5, 0.6) is 5.75 Å². The van der Waals surface area contributed by atoms with E-state index in [4.69, 9.17) is 14.9 Å². The van der Waals surface area contributed by atoms with Crippen molar-refractivity contribution in [2.45, 2.75) is 6.92 Å². The number of hydrogen-bond acceptors (Lipinski definition) is 8. The van der Waals surface area contributed by atoms with Gasteiger partial charge in [-0.3, -0.25) is 0 Å². The second kappa shape index (κ2) is 7.46. The van der Waals surface area contributed by atoms with Crippen molar-refractivity contribution in [3.63, 3.8) is 0 Å². The molecule has 2 aromatic carbocycles. The first-order chi connectivity index (χ1) is 13.2. The summed E-state index contributed by atoms with van der Waals surface area (Å²) in [5.74, 6) is 1.50. The highest BCUT2D eigenvalue weighted by molar-refractivity contribution is 7.18. The third kappa shape index (κ3) is 3.75. The van der Waals surface area contributed by atoms with Crippen LogP contribution in [-0.4, -0.2) is 21.8 Å². The van der Waals surface area contributed by atoms with Gasteiger partial charge in [0.1, 0.15) is 5.75 Å². The highest BCUT2D eigenvalue weighted by Crippen LogP contribution is 2.34. The molecule has 3 N–H and O–H groups in total. The second-order valence-corrected chi connectivity index (χ2v) is 6.57. The van der Waals surface area contributed by atoms with Gasteiger partial charge in [-0.2, -0.15) is 0 Å². The molecule has 0 bridgehead atoms. The first-order valence-corrected chi connectivity index (χ1v) is 9.20. The van der Waals surface area contributed by atoms with E-state index < -0.39 is 0 Å². The second-order valence-electron chi connectivity index (χ2n) is 5.59. The van der Waals surface area contributed by atoms with Crippen molar-refractivity contribution in [1.29, 1.82) is 0 Å². The molecule has 0 saturated heterocycles. The number of nitrogens with one attached hydrogen (secondary N) is 1. The lowest BCUT2D eigenvalue weighted by atomic mass is 10.2. The van der Waals surface area contributed by atoms with Crippen molar-refractivity contribution < 1.29 is 9.15 Å². The lowest BCUT2D eigenvalue weighted by Crippen LogP contribution is -1.92. The minimum atomic E-state index is 0.220. The first-order valence-electron chi connectivity index (χ1n) is 8.38. The van der Waals surface area contributed by atoms with Crippen LogP contribution in [0.1, 0.15) is 6.92 Å². The normalized spacial score (nSPS) is 10.7. The zero-order valence-electron chi connectivity index (χ0n) is 14.5. The molecule has 0 aliphatic heterocycles. The van der Waals surface area contributed by atoms with Crippen LogP contribution in [0.4, 0.5) is 16.7 Å². The Labute approximate surface area is 159 Å². The van der Waals surface area contributed by atoms with Crippen molar-refractivity contribution >= 4 is 28.0 Å². The molecule has 0 atom stereocenters. The summed E-state index contributed by atoms with van der Waals surface area (Å²) >= 11 is 1.35. The lowest BCUT2D eigenvalue weighted by molar-refractivity contribution is 0.340. The largest absolute Gasteiger partial charge is 0.494 e. The molecule has 0 fully saturated rings. The van der Waals surface area contributed by atoms with Gasteiger partial charge < -0.3 is 20.2 Å². The maximum Gasteiger partial charge on any atom is 0.229 e. The van der Waals surface area contributed by atoms with Crippen LogP contribution >= 0.6 is 11.3 Å². The topological polar surface area (TPSA) is 99.1 Å². The summed E-state index contributed by atoms with van der Waals surface area (Å²) in [6.45, 7) is 2.59. The van der Waals surface area contributed by atoms with Gasteiger partial charge in [-0.25, -0.2) is 4.98 Å². The molecule has 0 saturated carbocycles. The molecular weight excluding hydrogens is 362 g/mol. The summed E-state index contributed by atoms with van der Waals surface area (Å²) in [5.41, 5.74) is 8.23. The Morgan fingerprint density at radius 1 is 1.07 bits per heavy atom. The van der Waals surface area contributed by atoms with Gasteiger partial charge in [0.2, 0.25) is 16.9 Å². The zero-order valence-corrected chi connectivity index (χ0v) is 15.4. The summed E-state index contributed by atoms with van der Waals surface area (Å²) in [4.78, 5) is 4.47. The van der Waals surface area contributed by atoms with Crippen molar-refractivity contribution in [3.8, 4) is 27.9 Å². The Hall–Kier alpha value is -3.39. The first kappa shape index (κ1) is 17.0. The predicted octanol–water partition coefficient (Wildman–Crippen LogP) is 4.58. The number of nitrogens with zero attached hydrogens (tertiary/aromatic N) is 3. The van der Waals surface area contributed by atoms with Gasteiger partial charge in [0.05, 0.1) is 6.61 Å². The number of benzene rings is 2. The molecule has 0 spiro atoms. The number of oxazole rings is 1. The Morgan fingerprint density at radius 2 is 1.85 bits per heavy atom. The standard InChI is InChI=1S/C19H17N5O2S/c1-2-25-14-10-8-13(9-11-14)21-19-24-23-18(27-19)15-16(20)26-17(22-15)12-6-4-3-5-7-12/h3-11H,2,20H2,1H3,(H,21,24). The number of nitrogen functional groups attached to an aromatic ring is 1. The smallest absolute Gasteiger partial charge is 0.229 e. The van der Waals surface area contributed by atoms with Crippen LogP contribution in [0, 0.1) is 0 Å². The fraction of sp³-hybridized carbons (Fsp3) is 0.105. The van der Waals surface area contributed by atoms with Gasteiger partial charge in [-0.1, -0.05) is 29.5 Å². The van der Waals surface area contributed by atoms with Crippen LogP contribution in [0.25, 0.3) is 22.2 Å². The third-order valence-corrected chi connectivity index (χ3v) is 4.56. The van der Waals surface area contributed by atoms with E-state index >= 15 is 0 Å². The van der Waals surface area contributed by atoms with Crippen LogP contribution in [0.3, 0.4) is 0 Å². The van der Waals surface area contributed by atoms with Gasteiger partial charge in [-0.05, 0) is 43.3 Å². The number of nitrogens with two attached hydrogens (primary N) is 1. The average molecular weight is 379 g/mol. The average Bonchev–Trinajstić information content (AvgIpc) is 3.31. The maximum atomic E-state index is 5.99. The van der Waals surface area contributed by atoms with Gasteiger partial charge >= 0.3 is 0 Å². The fourth-order valence-electron chi connectivity index (χ4n) is 2.48. The van der Waals surface area contributed by atoms with E-state index in [1.54, 1.807) is 0 Å². The van der Waals surface area contributed by atoms with E-state index in [1.807, 2.05) is 61.5 Å². The van der Waals surface area contributed by atoms with Crippen LogP contribution in [-0.2, 0) is 0 Å². The monoisotopic (exact) mass is 379 g/mol. The van der Waals surface area contributed by atoms with Crippen LogP contribution < -0.4 is 15.8 Å². The minimum Gasteiger partial charge on any atom is -0.494 e. The molecule has 0 aliphatic rings. The van der Waals surface area contributed by atoms with E-state index in [0.29, 0.717) is 28.3 Å². The Morgan fingerprint density at radius 3 is 2.59 bits per heavy atom. The fourth-order valence-corrected chi connectivity index (χ4v) is 3.24. The summed E-state index contributed by atoms with van der Waals surface area (Å²) in [6.07, 6.45) is 0. The van der Waals surface area contributed by atoms with Crippen LogP contribution in [0.2, 0.25) is 0 Å². The molecule has 4 aromatic rings. The molecule has 2 heterocycles. The van der Waals surface area contributed by atoms with E-state index in [0.717, 1.165) is 17.0 Å². The van der Waals surface area contributed by atoms with Gasteiger partial charge in [0.15, 0.2) is 10.7 Å². The highest BCUT2D eigenvalue weighted by atomic mass is 32.1. The third-order valence-electron chi connectivity index (χ3n) is 3.72. The molecule has 27 heavy (non-hydrogen) atoms. The molecule has 136 valence electrons. The van der Waals surface area contributed by atoms with Gasteiger partial charge in [0.25, 0.3) is 0 Å². The summed E-state index contributed by atoms with van der Waals surface area (Å²) in [7, 11) is 0. The van der Waals surface area contributed by atoms with Crippen molar-refractivity contribution in [1.82, 2.24) is 15.2 Å². The number of ether oxygens (including phenoxy) is 1. The van der Waals surface area contributed by atoms with Gasteiger partial charge in [0, 0.05) is 11.3 Å². The molecule has 0 aliphatic carbocycles. The molecule has 8 heteroatoms. The summed E-state index contributed by atoms with van der Waals surface area (Å²) < 4.78 is 11.0. The van der Waals surface area contributed by atoms with E-state index in [2.05, 4.69) is 20.5 Å². The predicted molar refractivity (Wildman–Crippen MR) is 106 cm³/mol. The molecular formula is C19H17N5O2S. The summed E-state index contributed by atoms with van der Waals surface area (Å²) in [6, 6.07) is 17.2. The SMILES string of the molecule is CCOc1ccc(Nc2nnc(-c3nc(-c4ccccc4)oc3N)s2)cc1. The summed E-state index contributed by atoms with van der Waals surface area (Å²) in [5, 5.41) is 12.8. The highest BCUT2D eigenvalue weighted by Gasteiger charge is 2.18. The van der Waals surface area contributed by atoms with Crippen molar-refractivity contribution in [2.24, 2.45) is 0 Å². The Kier molecular flexibility index (Phi) is 4.71. The Balaban J connectivity index is 1.53. The number of rotatable bonds is 6. The van der Waals surface area contributed by atoms with E-state index in [9.17, 15) is 0 Å². The molecule has 2 aromatic heterocycles. The molecule has 7 nitrogen and oxygen atoms in total. The molecule has 0 radical (unpaired) electrons. The zero-order chi connectivity index (χ0) is 18.6. The van der Waals surface area contributed by atoms with E-state index in [-0.39, 0.29) is 5.88 Å². The van der Waals surface area contributed by atoms with Gasteiger partial charge in [-0.15, -0.1) is 10.2 Å². The van der Waals surface area contributed by atoms with Crippen molar-refractivity contribution in [2.75, 3.05) is 17.7 Å². The maximum absolute atomic E-state index is 5.99. The van der Waals surface area contributed by atoms with Crippen molar-refractivity contribution in [3.05, 3.63) is 54.6 Å². The molecule has 0 unspecified atom stereocenters. The number of anilines is 3. The minimum absolute atomic E-state index is 0.220. The van der Waals surface area contributed by atoms with Crippen LogP contribution in [0.15, 0.2) is 59.0 Å². The molecule has 4 rings (SSSR count). The number of hydrogen-bond donors (Lipinski definition) is 2. The Bertz CT molecular complexity index is 1030. The molecule has 0 amide bonds.